The number of hydrogen-bond acceptors (Lipinski definition) is 6. The Morgan fingerprint density at radius 3 is 2.39 bits per heavy atom. The zero-order valence-electron chi connectivity index (χ0n) is 22.0. The van der Waals surface area contributed by atoms with Gasteiger partial charge < -0.3 is 15.0 Å². The molecule has 4 rings (SSSR count). The topological polar surface area (TPSA) is 105 Å². The zero-order chi connectivity index (χ0) is 27.8. The van der Waals surface area contributed by atoms with Crippen LogP contribution in [0.2, 0.25) is 0 Å². The number of aryl methyl sites for hydroxylation is 2. The summed E-state index contributed by atoms with van der Waals surface area (Å²) in [7, 11) is -3.21. The fraction of sp³-hybridized carbons (Fsp3) is 0.444. The van der Waals surface area contributed by atoms with Crippen LogP contribution in [-0.4, -0.2) is 60.0 Å². The normalized spacial score (nSPS) is 22.3. The van der Waals surface area contributed by atoms with E-state index in [0.717, 1.165) is 26.9 Å². The number of thioether (sulfide) groups is 1. The molecule has 38 heavy (non-hydrogen) atoms. The van der Waals surface area contributed by atoms with Crippen molar-refractivity contribution in [1.29, 1.82) is 0 Å². The molecule has 3 atom stereocenters. The van der Waals surface area contributed by atoms with Gasteiger partial charge in [-0.1, -0.05) is 58.0 Å². The van der Waals surface area contributed by atoms with Crippen LogP contribution in [0.15, 0.2) is 51.9 Å². The molecule has 0 spiro atoms. The number of amides is 2. The van der Waals surface area contributed by atoms with Gasteiger partial charge in [0.05, 0.1) is 17.5 Å². The van der Waals surface area contributed by atoms with Crippen LogP contribution in [0, 0.1) is 13.8 Å². The second kappa shape index (κ2) is 11.0. The highest BCUT2D eigenvalue weighted by atomic mass is 79.9. The van der Waals surface area contributed by atoms with Crippen molar-refractivity contribution >= 4 is 60.4 Å². The SMILES string of the molecule is Cc1cc(Br)cc(C)c1N1C(=NC(=O)C(Cc2ccccc2)NC(=O)OC(C)(C)C)SC2CS(=O)(=O)CC21. The Morgan fingerprint density at radius 2 is 1.79 bits per heavy atom. The molecule has 2 aliphatic rings. The number of amidine groups is 1. The van der Waals surface area contributed by atoms with Gasteiger partial charge in [0, 0.05) is 21.8 Å². The van der Waals surface area contributed by atoms with Crippen LogP contribution >= 0.6 is 27.7 Å². The van der Waals surface area contributed by atoms with Gasteiger partial charge in [0.2, 0.25) is 0 Å². The summed E-state index contributed by atoms with van der Waals surface area (Å²) in [5, 5.41) is 2.90. The number of carbonyl (C=O) groups excluding carboxylic acids is 2. The number of alkyl carbamates (subject to hydrolysis) is 1. The van der Waals surface area contributed by atoms with Crippen molar-refractivity contribution in [2.45, 2.75) is 64.0 Å². The van der Waals surface area contributed by atoms with Gasteiger partial charge in [-0.05, 0) is 63.4 Å². The molecule has 8 nitrogen and oxygen atoms in total. The van der Waals surface area contributed by atoms with Crippen molar-refractivity contribution in [2.24, 2.45) is 4.99 Å². The van der Waals surface area contributed by atoms with Crippen LogP contribution in [0.1, 0.15) is 37.5 Å². The summed E-state index contributed by atoms with van der Waals surface area (Å²) in [6.45, 7) is 9.17. The van der Waals surface area contributed by atoms with E-state index in [4.69, 9.17) is 4.74 Å². The quantitative estimate of drug-likeness (QED) is 0.511. The predicted octanol–water partition coefficient (Wildman–Crippen LogP) is 4.80. The van der Waals surface area contributed by atoms with Crippen molar-refractivity contribution in [3.63, 3.8) is 0 Å². The maximum absolute atomic E-state index is 13.6. The second-order valence-corrected chi connectivity index (χ2v) is 15.0. The first-order chi connectivity index (χ1) is 17.7. The minimum atomic E-state index is -3.21. The highest BCUT2D eigenvalue weighted by Crippen LogP contribution is 2.43. The molecule has 2 fully saturated rings. The number of benzene rings is 2. The number of halogens is 1. The van der Waals surface area contributed by atoms with E-state index >= 15 is 0 Å². The van der Waals surface area contributed by atoms with Crippen LogP contribution in [-0.2, 0) is 25.8 Å². The average molecular weight is 623 g/mol. The Balaban J connectivity index is 1.70. The molecule has 204 valence electrons. The molecular weight excluding hydrogens is 590 g/mol. The largest absolute Gasteiger partial charge is 0.444 e. The van der Waals surface area contributed by atoms with E-state index in [1.807, 2.05) is 61.2 Å². The number of anilines is 1. The van der Waals surface area contributed by atoms with Crippen molar-refractivity contribution in [2.75, 3.05) is 16.4 Å². The highest BCUT2D eigenvalue weighted by Gasteiger charge is 2.50. The van der Waals surface area contributed by atoms with E-state index in [0.29, 0.717) is 5.17 Å². The third-order valence-electron chi connectivity index (χ3n) is 6.24. The number of aliphatic imine (C=N–C) groups is 1. The van der Waals surface area contributed by atoms with Gasteiger partial charge in [0.15, 0.2) is 15.0 Å². The van der Waals surface area contributed by atoms with E-state index in [2.05, 4.69) is 26.2 Å². The number of fused-ring (bicyclic) bond motifs is 1. The molecule has 3 unspecified atom stereocenters. The number of sulfone groups is 1. The number of ether oxygens (including phenoxy) is 1. The fourth-order valence-electron chi connectivity index (χ4n) is 4.78. The Labute approximate surface area is 236 Å². The van der Waals surface area contributed by atoms with Crippen LogP contribution in [0.5, 0.6) is 0 Å². The zero-order valence-corrected chi connectivity index (χ0v) is 25.2. The minimum Gasteiger partial charge on any atom is -0.444 e. The van der Waals surface area contributed by atoms with Crippen LogP contribution in [0.3, 0.4) is 0 Å². The first kappa shape index (κ1) is 28.6. The molecule has 0 aliphatic carbocycles. The minimum absolute atomic E-state index is 0.00355. The predicted molar refractivity (Wildman–Crippen MR) is 156 cm³/mol. The molecule has 2 aromatic carbocycles. The molecule has 1 N–H and O–H groups in total. The van der Waals surface area contributed by atoms with Crippen molar-refractivity contribution in [3.05, 3.63) is 63.6 Å². The van der Waals surface area contributed by atoms with Crippen molar-refractivity contribution in [1.82, 2.24) is 5.32 Å². The van der Waals surface area contributed by atoms with E-state index < -0.39 is 33.5 Å². The molecule has 2 heterocycles. The third kappa shape index (κ3) is 6.79. The Morgan fingerprint density at radius 1 is 1.16 bits per heavy atom. The van der Waals surface area contributed by atoms with Gasteiger partial charge >= 0.3 is 6.09 Å². The maximum Gasteiger partial charge on any atom is 0.408 e. The molecule has 2 aromatic rings. The summed E-state index contributed by atoms with van der Waals surface area (Å²) >= 11 is 4.83. The lowest BCUT2D eigenvalue weighted by molar-refractivity contribution is -0.119. The summed E-state index contributed by atoms with van der Waals surface area (Å²) < 4.78 is 31.3. The molecule has 2 saturated heterocycles. The lowest BCUT2D eigenvalue weighted by atomic mass is 10.1. The third-order valence-corrected chi connectivity index (χ3v) is 9.91. The average Bonchev–Trinajstić information content (AvgIpc) is 3.23. The number of nitrogens with one attached hydrogen (secondary N) is 1. The Bertz CT molecular complexity index is 1350. The van der Waals surface area contributed by atoms with Gasteiger partial charge in [-0.2, -0.15) is 4.99 Å². The van der Waals surface area contributed by atoms with E-state index in [-0.39, 0.29) is 29.2 Å². The summed E-state index contributed by atoms with van der Waals surface area (Å²) in [5.41, 5.74) is 2.86. The van der Waals surface area contributed by atoms with Crippen molar-refractivity contribution < 1.29 is 22.7 Å². The smallest absolute Gasteiger partial charge is 0.408 e. The molecule has 2 aliphatic heterocycles. The first-order valence-electron chi connectivity index (χ1n) is 12.3. The fourth-order valence-corrected chi connectivity index (χ4v) is 9.37. The molecular formula is C27H32BrN3O5S2. The Hall–Kier alpha value is -2.37. The second-order valence-electron chi connectivity index (χ2n) is 10.7. The summed E-state index contributed by atoms with van der Waals surface area (Å²) in [6, 6.07) is 12.0. The molecule has 11 heteroatoms. The van der Waals surface area contributed by atoms with E-state index in [9.17, 15) is 18.0 Å². The monoisotopic (exact) mass is 621 g/mol. The lowest BCUT2D eigenvalue weighted by Gasteiger charge is -2.28. The standard InChI is InChI=1S/C27H32BrN3O5S2/c1-16-11-19(28)12-17(2)23(16)31-21-14-38(34,35)15-22(21)37-25(31)30-24(32)20(13-18-9-7-6-8-10-18)29-26(33)36-27(3,4)5/h6-12,20-22H,13-15H2,1-5H3,(H,29,33). The van der Waals surface area contributed by atoms with Gasteiger partial charge in [-0.3, -0.25) is 4.79 Å². The number of rotatable bonds is 5. The molecule has 0 aromatic heterocycles. The molecule has 0 radical (unpaired) electrons. The maximum atomic E-state index is 13.6. The van der Waals surface area contributed by atoms with Gasteiger partial charge in [0.1, 0.15) is 11.6 Å². The van der Waals surface area contributed by atoms with Crippen LogP contribution in [0.25, 0.3) is 0 Å². The molecule has 0 bridgehead atoms. The lowest BCUT2D eigenvalue weighted by Crippen LogP contribution is -2.45. The van der Waals surface area contributed by atoms with E-state index in [1.54, 1.807) is 20.8 Å². The van der Waals surface area contributed by atoms with Crippen molar-refractivity contribution in [3.8, 4) is 0 Å². The summed E-state index contributed by atoms with van der Waals surface area (Å²) in [4.78, 5) is 32.7. The van der Waals surface area contributed by atoms with Gasteiger partial charge in [-0.25, -0.2) is 13.2 Å². The first-order valence-corrected chi connectivity index (χ1v) is 15.8. The summed E-state index contributed by atoms with van der Waals surface area (Å²) in [5.74, 6) is -0.497. The van der Waals surface area contributed by atoms with Gasteiger partial charge in [0.25, 0.3) is 5.91 Å². The number of hydrogen-bond donors (Lipinski definition) is 1. The van der Waals surface area contributed by atoms with E-state index in [1.165, 1.54) is 11.8 Å². The summed E-state index contributed by atoms with van der Waals surface area (Å²) in [6.07, 6.45) is -0.469. The number of nitrogens with zero attached hydrogens (tertiary/aromatic N) is 2. The molecule has 0 saturated carbocycles. The van der Waals surface area contributed by atoms with Crippen LogP contribution < -0.4 is 10.2 Å². The Kier molecular flexibility index (Phi) is 8.30. The van der Waals surface area contributed by atoms with Gasteiger partial charge in [-0.15, -0.1) is 0 Å². The number of carbonyl (C=O) groups is 2. The highest BCUT2D eigenvalue weighted by molar-refractivity contribution is 9.10. The molecule has 2 amide bonds. The van der Waals surface area contributed by atoms with Crippen LogP contribution in [0.4, 0.5) is 10.5 Å².